The Morgan fingerprint density at radius 1 is 1.25 bits per heavy atom. The van der Waals surface area contributed by atoms with Crippen molar-refractivity contribution < 1.29 is 5.11 Å². The van der Waals surface area contributed by atoms with Gasteiger partial charge in [0.25, 0.3) is 0 Å². The smallest absolute Gasteiger partial charge is 0.0644 e. The van der Waals surface area contributed by atoms with Crippen LogP contribution < -0.4 is 0 Å². The highest BCUT2D eigenvalue weighted by atomic mass is 16.3. The molecule has 1 fully saturated rings. The number of hydrogen-bond donors (Lipinski definition) is 1. The minimum absolute atomic E-state index is 0.151. The molecule has 4 nitrogen and oxygen atoms in total. The predicted molar refractivity (Wildman–Crippen MR) is 81.7 cm³/mol. The van der Waals surface area contributed by atoms with E-state index in [1.807, 2.05) is 4.68 Å². The van der Waals surface area contributed by atoms with Crippen molar-refractivity contribution in [2.45, 2.75) is 65.6 Å². The Morgan fingerprint density at radius 3 is 2.50 bits per heavy atom. The molecule has 4 heteroatoms. The number of hydrogen-bond acceptors (Lipinski definition) is 3. The highest BCUT2D eigenvalue weighted by Crippen LogP contribution is 2.28. The second-order valence-corrected chi connectivity index (χ2v) is 6.42. The van der Waals surface area contributed by atoms with Crippen LogP contribution in [0.1, 0.15) is 49.6 Å². The maximum absolute atomic E-state index is 9.08. The highest BCUT2D eigenvalue weighted by Gasteiger charge is 2.23. The Morgan fingerprint density at radius 2 is 1.90 bits per heavy atom. The van der Waals surface area contributed by atoms with Crippen molar-refractivity contribution in [3.63, 3.8) is 0 Å². The normalized spacial score (nSPS) is 23.5. The SMILES string of the molecule is Cc1nn(CCO)c(C)c1CN(C)C1CCC(C)CC1. The van der Waals surface area contributed by atoms with Crippen molar-refractivity contribution in [1.29, 1.82) is 0 Å². The summed E-state index contributed by atoms with van der Waals surface area (Å²) in [5.41, 5.74) is 3.64. The van der Waals surface area contributed by atoms with E-state index in [9.17, 15) is 0 Å². The van der Waals surface area contributed by atoms with E-state index in [1.165, 1.54) is 36.9 Å². The summed E-state index contributed by atoms with van der Waals surface area (Å²) in [5, 5.41) is 13.6. The molecular weight excluding hydrogens is 250 g/mol. The molecule has 20 heavy (non-hydrogen) atoms. The van der Waals surface area contributed by atoms with Crippen LogP contribution in [0.3, 0.4) is 0 Å². The maximum Gasteiger partial charge on any atom is 0.0644 e. The number of nitrogens with zero attached hydrogens (tertiary/aromatic N) is 3. The van der Waals surface area contributed by atoms with Crippen molar-refractivity contribution in [2.24, 2.45) is 5.92 Å². The molecule has 1 aromatic heterocycles. The number of rotatable bonds is 5. The second-order valence-electron chi connectivity index (χ2n) is 6.42. The van der Waals surface area contributed by atoms with E-state index in [0.29, 0.717) is 12.6 Å². The third-order valence-corrected chi connectivity index (χ3v) is 4.86. The molecule has 114 valence electrons. The van der Waals surface area contributed by atoms with Crippen molar-refractivity contribution in [3.8, 4) is 0 Å². The van der Waals surface area contributed by atoms with Gasteiger partial charge in [-0.05, 0) is 52.5 Å². The standard InChI is InChI=1S/C16H29N3O/c1-12-5-7-15(8-6-12)18(4)11-16-13(2)17-19(9-10-20)14(16)3/h12,15,20H,5-11H2,1-4H3. The molecule has 0 unspecified atom stereocenters. The fraction of sp³-hybridized carbons (Fsp3) is 0.812. The van der Waals surface area contributed by atoms with Gasteiger partial charge in [0, 0.05) is 23.8 Å². The molecule has 1 N–H and O–H groups in total. The zero-order valence-electron chi connectivity index (χ0n) is 13.4. The largest absolute Gasteiger partial charge is 0.394 e. The zero-order valence-corrected chi connectivity index (χ0v) is 13.4. The fourth-order valence-corrected chi connectivity index (χ4v) is 3.34. The summed E-state index contributed by atoms with van der Waals surface area (Å²) >= 11 is 0. The number of aryl methyl sites for hydroxylation is 1. The van der Waals surface area contributed by atoms with Gasteiger partial charge >= 0.3 is 0 Å². The van der Waals surface area contributed by atoms with Crippen LogP contribution in [-0.4, -0.2) is 39.5 Å². The lowest BCUT2D eigenvalue weighted by atomic mass is 9.86. The molecule has 1 aliphatic carbocycles. The van der Waals surface area contributed by atoms with Crippen molar-refractivity contribution >= 4 is 0 Å². The molecule has 2 rings (SSSR count). The van der Waals surface area contributed by atoms with E-state index >= 15 is 0 Å². The Labute approximate surface area is 122 Å². The Balaban J connectivity index is 2.02. The summed E-state index contributed by atoms with van der Waals surface area (Å²) < 4.78 is 1.93. The van der Waals surface area contributed by atoms with Gasteiger partial charge < -0.3 is 5.11 Å². The van der Waals surface area contributed by atoms with Crippen LogP contribution >= 0.6 is 0 Å². The minimum Gasteiger partial charge on any atom is -0.394 e. The first-order valence-electron chi connectivity index (χ1n) is 7.87. The van der Waals surface area contributed by atoms with Gasteiger partial charge in [0.2, 0.25) is 0 Å². The number of aliphatic hydroxyl groups excluding tert-OH is 1. The van der Waals surface area contributed by atoms with Gasteiger partial charge in [0.15, 0.2) is 0 Å². The monoisotopic (exact) mass is 279 g/mol. The molecule has 0 radical (unpaired) electrons. The van der Waals surface area contributed by atoms with Crippen LogP contribution in [0.4, 0.5) is 0 Å². The van der Waals surface area contributed by atoms with Gasteiger partial charge in [0.1, 0.15) is 0 Å². The average molecular weight is 279 g/mol. The molecular formula is C16H29N3O. The topological polar surface area (TPSA) is 41.3 Å². The van der Waals surface area contributed by atoms with E-state index in [0.717, 1.165) is 18.2 Å². The van der Waals surface area contributed by atoms with Crippen molar-refractivity contribution in [1.82, 2.24) is 14.7 Å². The predicted octanol–water partition coefficient (Wildman–Crippen LogP) is 2.50. The number of aliphatic hydroxyl groups is 1. The summed E-state index contributed by atoms with van der Waals surface area (Å²) in [6.45, 7) is 8.27. The average Bonchev–Trinajstić information content (AvgIpc) is 2.68. The van der Waals surface area contributed by atoms with Crippen LogP contribution in [0.15, 0.2) is 0 Å². The Kier molecular flexibility index (Phi) is 5.22. The molecule has 1 aliphatic rings. The van der Waals surface area contributed by atoms with E-state index < -0.39 is 0 Å². The highest BCUT2D eigenvalue weighted by molar-refractivity contribution is 5.24. The minimum atomic E-state index is 0.151. The summed E-state index contributed by atoms with van der Waals surface area (Å²) in [5.74, 6) is 0.899. The van der Waals surface area contributed by atoms with Crippen LogP contribution in [0.2, 0.25) is 0 Å². The molecule has 0 aromatic carbocycles. The first-order chi connectivity index (χ1) is 9.52. The summed E-state index contributed by atoms with van der Waals surface area (Å²) in [4.78, 5) is 2.49. The maximum atomic E-state index is 9.08. The first-order valence-corrected chi connectivity index (χ1v) is 7.87. The lowest BCUT2D eigenvalue weighted by molar-refractivity contribution is 0.163. The molecule has 0 spiro atoms. The summed E-state index contributed by atoms with van der Waals surface area (Å²) in [7, 11) is 2.24. The first kappa shape index (κ1) is 15.5. The second kappa shape index (κ2) is 6.72. The van der Waals surface area contributed by atoms with Crippen molar-refractivity contribution in [3.05, 3.63) is 17.0 Å². The fourth-order valence-electron chi connectivity index (χ4n) is 3.34. The Bertz CT molecular complexity index is 433. The summed E-state index contributed by atoms with van der Waals surface area (Å²) in [6.07, 6.45) is 5.36. The molecule has 1 heterocycles. The van der Waals surface area contributed by atoms with E-state index in [2.05, 4.69) is 37.8 Å². The molecule has 0 bridgehead atoms. The van der Waals surface area contributed by atoms with E-state index in [-0.39, 0.29) is 6.61 Å². The van der Waals surface area contributed by atoms with Crippen molar-refractivity contribution in [2.75, 3.05) is 13.7 Å². The lowest BCUT2D eigenvalue weighted by Crippen LogP contribution is -2.34. The van der Waals surface area contributed by atoms with Crippen LogP contribution in [0.5, 0.6) is 0 Å². The van der Waals surface area contributed by atoms with Gasteiger partial charge in [-0.15, -0.1) is 0 Å². The molecule has 1 aromatic rings. The van der Waals surface area contributed by atoms with Gasteiger partial charge in [-0.25, -0.2) is 0 Å². The Hall–Kier alpha value is -0.870. The molecule has 0 saturated heterocycles. The van der Waals surface area contributed by atoms with Crippen LogP contribution in [0.25, 0.3) is 0 Å². The van der Waals surface area contributed by atoms with Crippen LogP contribution in [0, 0.1) is 19.8 Å². The molecule has 0 atom stereocenters. The molecule has 1 saturated carbocycles. The third-order valence-electron chi connectivity index (χ3n) is 4.86. The van der Waals surface area contributed by atoms with Gasteiger partial charge in [-0.2, -0.15) is 5.10 Å². The number of aromatic nitrogens is 2. The molecule has 0 amide bonds. The van der Waals surface area contributed by atoms with Gasteiger partial charge in [-0.1, -0.05) is 6.92 Å². The zero-order chi connectivity index (χ0) is 14.7. The van der Waals surface area contributed by atoms with E-state index in [1.54, 1.807) is 0 Å². The quantitative estimate of drug-likeness (QED) is 0.900. The van der Waals surface area contributed by atoms with E-state index in [4.69, 9.17) is 5.11 Å². The lowest BCUT2D eigenvalue weighted by Gasteiger charge is -2.33. The summed E-state index contributed by atoms with van der Waals surface area (Å²) in [6, 6.07) is 0.714. The van der Waals surface area contributed by atoms with Gasteiger partial charge in [-0.3, -0.25) is 9.58 Å². The van der Waals surface area contributed by atoms with Crippen LogP contribution in [-0.2, 0) is 13.1 Å². The van der Waals surface area contributed by atoms with Gasteiger partial charge in [0.05, 0.1) is 18.8 Å². The third kappa shape index (κ3) is 3.41. The molecule has 0 aliphatic heterocycles.